The third-order valence-corrected chi connectivity index (χ3v) is 4.72. The van der Waals surface area contributed by atoms with Crippen molar-refractivity contribution < 1.29 is 4.39 Å². The third kappa shape index (κ3) is 3.82. The molecule has 112 valence electrons. The van der Waals surface area contributed by atoms with Crippen LogP contribution in [0.15, 0.2) is 18.2 Å². The molecule has 1 unspecified atom stereocenters. The van der Waals surface area contributed by atoms with E-state index in [9.17, 15) is 4.39 Å². The molecule has 0 saturated heterocycles. The van der Waals surface area contributed by atoms with Gasteiger partial charge in [0.15, 0.2) is 0 Å². The Morgan fingerprint density at radius 2 is 1.95 bits per heavy atom. The van der Waals surface area contributed by atoms with Crippen LogP contribution in [0.25, 0.3) is 0 Å². The predicted octanol–water partition coefficient (Wildman–Crippen LogP) is 5.00. The van der Waals surface area contributed by atoms with Crippen LogP contribution < -0.4 is 5.32 Å². The van der Waals surface area contributed by atoms with Gasteiger partial charge in [0, 0.05) is 6.04 Å². The van der Waals surface area contributed by atoms with Gasteiger partial charge in [-0.25, -0.2) is 4.39 Å². The van der Waals surface area contributed by atoms with E-state index >= 15 is 0 Å². The zero-order valence-electron chi connectivity index (χ0n) is 13.1. The highest BCUT2D eigenvalue weighted by Gasteiger charge is 2.27. The van der Waals surface area contributed by atoms with E-state index in [1.807, 2.05) is 6.07 Å². The van der Waals surface area contributed by atoms with E-state index < -0.39 is 0 Å². The molecule has 1 N–H and O–H groups in total. The minimum absolute atomic E-state index is 0.113. The van der Waals surface area contributed by atoms with Gasteiger partial charge in [-0.1, -0.05) is 32.8 Å². The number of rotatable bonds is 5. The van der Waals surface area contributed by atoms with E-state index in [0.717, 1.165) is 24.4 Å². The number of nitrogens with one attached hydrogen (secondary N) is 1. The first-order chi connectivity index (χ1) is 9.61. The minimum atomic E-state index is -0.113. The number of aryl methyl sites for hydroxylation is 1. The van der Waals surface area contributed by atoms with E-state index in [4.69, 9.17) is 0 Å². The predicted molar refractivity (Wildman–Crippen MR) is 83.3 cm³/mol. The Labute approximate surface area is 123 Å². The highest BCUT2D eigenvalue weighted by atomic mass is 19.1. The highest BCUT2D eigenvalue weighted by Crippen LogP contribution is 2.37. The van der Waals surface area contributed by atoms with Gasteiger partial charge in [0.05, 0.1) is 0 Å². The SMILES string of the molecule is CCCNC(c1cc(F)ccc1C)C1CCC(C)CC1. The molecule has 0 bridgehead atoms. The van der Waals surface area contributed by atoms with Crippen molar-refractivity contribution in [1.29, 1.82) is 0 Å². The zero-order valence-corrected chi connectivity index (χ0v) is 13.1. The second-order valence-corrected chi connectivity index (χ2v) is 6.45. The van der Waals surface area contributed by atoms with Crippen molar-refractivity contribution in [1.82, 2.24) is 5.32 Å². The maximum Gasteiger partial charge on any atom is 0.123 e. The summed E-state index contributed by atoms with van der Waals surface area (Å²) >= 11 is 0. The van der Waals surface area contributed by atoms with E-state index in [1.54, 1.807) is 12.1 Å². The molecule has 1 aromatic rings. The van der Waals surface area contributed by atoms with Crippen LogP contribution in [0, 0.1) is 24.6 Å². The molecular weight excluding hydrogens is 249 g/mol. The molecule has 0 heterocycles. The molecule has 2 heteroatoms. The molecule has 0 aliphatic heterocycles. The Morgan fingerprint density at radius 3 is 2.60 bits per heavy atom. The molecular formula is C18H28FN. The molecule has 0 radical (unpaired) electrons. The van der Waals surface area contributed by atoms with E-state index in [2.05, 4.69) is 26.1 Å². The fourth-order valence-electron chi connectivity index (χ4n) is 3.40. The summed E-state index contributed by atoms with van der Waals surface area (Å²) in [5.74, 6) is 1.39. The lowest BCUT2D eigenvalue weighted by Gasteiger charge is -2.34. The molecule has 1 aromatic carbocycles. The van der Waals surface area contributed by atoms with Crippen LogP contribution in [0.5, 0.6) is 0 Å². The van der Waals surface area contributed by atoms with Crippen molar-refractivity contribution >= 4 is 0 Å². The maximum absolute atomic E-state index is 13.6. The van der Waals surface area contributed by atoms with Crippen LogP contribution in [0.2, 0.25) is 0 Å². The summed E-state index contributed by atoms with van der Waals surface area (Å²) in [6.07, 6.45) is 6.26. The highest BCUT2D eigenvalue weighted by molar-refractivity contribution is 5.30. The van der Waals surface area contributed by atoms with Crippen LogP contribution in [0.4, 0.5) is 4.39 Å². The monoisotopic (exact) mass is 277 g/mol. The Bertz CT molecular complexity index is 421. The first kappa shape index (κ1) is 15.5. The van der Waals surface area contributed by atoms with Crippen LogP contribution in [-0.4, -0.2) is 6.54 Å². The first-order valence-corrected chi connectivity index (χ1v) is 8.11. The van der Waals surface area contributed by atoms with Gasteiger partial charge in [-0.2, -0.15) is 0 Å². The summed E-state index contributed by atoms with van der Waals surface area (Å²) in [7, 11) is 0. The summed E-state index contributed by atoms with van der Waals surface area (Å²) in [4.78, 5) is 0. The summed E-state index contributed by atoms with van der Waals surface area (Å²) in [5.41, 5.74) is 2.37. The van der Waals surface area contributed by atoms with Crippen LogP contribution in [0.1, 0.15) is 63.1 Å². The number of benzene rings is 1. The first-order valence-electron chi connectivity index (χ1n) is 8.11. The molecule has 1 saturated carbocycles. The Hall–Kier alpha value is -0.890. The largest absolute Gasteiger partial charge is 0.310 e. The van der Waals surface area contributed by atoms with Gasteiger partial charge in [0.2, 0.25) is 0 Å². The Balaban J connectivity index is 2.20. The Morgan fingerprint density at radius 1 is 1.25 bits per heavy atom. The number of hydrogen-bond acceptors (Lipinski definition) is 1. The van der Waals surface area contributed by atoms with Crippen LogP contribution in [0.3, 0.4) is 0 Å². The zero-order chi connectivity index (χ0) is 14.5. The van der Waals surface area contributed by atoms with Gasteiger partial charge >= 0.3 is 0 Å². The summed E-state index contributed by atoms with van der Waals surface area (Å²) in [6.45, 7) is 7.64. The molecule has 20 heavy (non-hydrogen) atoms. The summed E-state index contributed by atoms with van der Waals surface area (Å²) < 4.78 is 13.6. The second-order valence-electron chi connectivity index (χ2n) is 6.45. The average Bonchev–Trinajstić information content (AvgIpc) is 2.44. The quantitative estimate of drug-likeness (QED) is 0.798. The van der Waals surface area contributed by atoms with Gasteiger partial charge in [-0.05, 0) is 67.8 Å². The fourth-order valence-corrected chi connectivity index (χ4v) is 3.40. The van der Waals surface area contributed by atoms with E-state index in [0.29, 0.717) is 12.0 Å². The molecule has 0 aromatic heterocycles. The van der Waals surface area contributed by atoms with Gasteiger partial charge in [0.1, 0.15) is 5.82 Å². The van der Waals surface area contributed by atoms with Crippen molar-refractivity contribution in [2.45, 2.75) is 58.9 Å². The smallest absolute Gasteiger partial charge is 0.123 e. The molecule has 1 nitrogen and oxygen atoms in total. The third-order valence-electron chi connectivity index (χ3n) is 4.72. The molecule has 0 spiro atoms. The van der Waals surface area contributed by atoms with E-state index in [-0.39, 0.29) is 5.82 Å². The molecule has 1 aliphatic rings. The summed E-state index contributed by atoms with van der Waals surface area (Å²) in [6, 6.07) is 5.54. The fraction of sp³-hybridized carbons (Fsp3) is 0.667. The molecule has 1 fully saturated rings. The van der Waals surface area contributed by atoms with Crippen molar-refractivity contribution in [3.8, 4) is 0 Å². The van der Waals surface area contributed by atoms with Crippen molar-refractivity contribution in [2.24, 2.45) is 11.8 Å². The van der Waals surface area contributed by atoms with Crippen molar-refractivity contribution in [2.75, 3.05) is 6.54 Å². The van der Waals surface area contributed by atoms with Crippen LogP contribution in [-0.2, 0) is 0 Å². The normalized spacial score (nSPS) is 24.6. The van der Waals surface area contributed by atoms with Gasteiger partial charge in [0.25, 0.3) is 0 Å². The summed E-state index contributed by atoms with van der Waals surface area (Å²) in [5, 5.41) is 3.67. The molecule has 1 atom stereocenters. The van der Waals surface area contributed by atoms with Crippen LogP contribution >= 0.6 is 0 Å². The lowest BCUT2D eigenvalue weighted by Crippen LogP contribution is -2.32. The standard InChI is InChI=1S/C18H28FN/c1-4-11-20-18(15-8-5-13(2)6-9-15)17-12-16(19)10-7-14(17)3/h7,10,12-13,15,18,20H,4-6,8-9,11H2,1-3H3. The van der Waals surface area contributed by atoms with E-state index in [1.165, 1.54) is 31.2 Å². The number of hydrogen-bond donors (Lipinski definition) is 1. The molecule has 1 aliphatic carbocycles. The van der Waals surface area contributed by atoms with Crippen molar-refractivity contribution in [3.63, 3.8) is 0 Å². The average molecular weight is 277 g/mol. The second kappa shape index (κ2) is 7.21. The lowest BCUT2D eigenvalue weighted by molar-refractivity contribution is 0.231. The van der Waals surface area contributed by atoms with Gasteiger partial charge in [-0.3, -0.25) is 0 Å². The molecule has 0 amide bonds. The topological polar surface area (TPSA) is 12.0 Å². The number of halogens is 1. The van der Waals surface area contributed by atoms with Gasteiger partial charge in [-0.15, -0.1) is 0 Å². The maximum atomic E-state index is 13.6. The molecule has 2 rings (SSSR count). The minimum Gasteiger partial charge on any atom is -0.310 e. The lowest BCUT2D eigenvalue weighted by atomic mass is 9.76. The van der Waals surface area contributed by atoms with Crippen molar-refractivity contribution in [3.05, 3.63) is 35.1 Å². The Kier molecular flexibility index (Phi) is 5.59. The van der Waals surface area contributed by atoms with Gasteiger partial charge < -0.3 is 5.32 Å².